The summed E-state index contributed by atoms with van der Waals surface area (Å²) in [6, 6.07) is 6.09. The van der Waals surface area contributed by atoms with E-state index in [1.165, 1.54) is 12.1 Å². The molecule has 1 fully saturated rings. The molecule has 6 nitrogen and oxygen atoms in total. The fraction of sp³-hybridized carbons (Fsp3) is 0.611. The molecular formula is C18H30ClN3O3S. The van der Waals surface area contributed by atoms with Gasteiger partial charge in [0.1, 0.15) is 0 Å². The van der Waals surface area contributed by atoms with E-state index in [4.69, 9.17) is 5.73 Å². The second kappa shape index (κ2) is 8.69. The lowest BCUT2D eigenvalue weighted by molar-refractivity contribution is 0.0946. The highest BCUT2D eigenvalue weighted by Crippen LogP contribution is 2.26. The molecule has 0 aromatic heterocycles. The Labute approximate surface area is 163 Å². The molecule has 0 spiro atoms. The summed E-state index contributed by atoms with van der Waals surface area (Å²) < 4.78 is 27.2. The third-order valence-electron chi connectivity index (χ3n) is 4.29. The van der Waals surface area contributed by atoms with E-state index in [0.29, 0.717) is 37.0 Å². The van der Waals surface area contributed by atoms with Crippen LogP contribution in [-0.2, 0) is 10.0 Å². The van der Waals surface area contributed by atoms with Crippen LogP contribution in [0.2, 0.25) is 0 Å². The first-order valence-corrected chi connectivity index (χ1v) is 10.1. The Bertz CT molecular complexity index is 704. The van der Waals surface area contributed by atoms with Crippen molar-refractivity contribution in [3.05, 3.63) is 29.8 Å². The highest BCUT2D eigenvalue weighted by Gasteiger charge is 2.31. The van der Waals surface area contributed by atoms with E-state index in [0.717, 1.165) is 6.42 Å². The Morgan fingerprint density at radius 2 is 1.69 bits per heavy atom. The number of nitrogens with one attached hydrogen (secondary N) is 1. The van der Waals surface area contributed by atoms with Gasteiger partial charge in [0.15, 0.2) is 0 Å². The lowest BCUT2D eigenvalue weighted by Crippen LogP contribution is -2.45. The largest absolute Gasteiger partial charge is 0.350 e. The zero-order chi connectivity index (χ0) is 18.8. The lowest BCUT2D eigenvalue weighted by Gasteiger charge is -2.34. The van der Waals surface area contributed by atoms with Crippen LogP contribution in [0.25, 0.3) is 0 Å². The van der Waals surface area contributed by atoms with Crippen LogP contribution in [0.4, 0.5) is 0 Å². The van der Waals surface area contributed by atoms with Gasteiger partial charge in [0, 0.05) is 30.7 Å². The van der Waals surface area contributed by atoms with Gasteiger partial charge in [-0.05, 0) is 56.4 Å². The molecule has 1 saturated heterocycles. The molecule has 2 unspecified atom stereocenters. The average Bonchev–Trinajstić information content (AvgIpc) is 2.51. The molecule has 0 radical (unpaired) electrons. The van der Waals surface area contributed by atoms with E-state index >= 15 is 0 Å². The van der Waals surface area contributed by atoms with E-state index in [9.17, 15) is 13.2 Å². The van der Waals surface area contributed by atoms with Gasteiger partial charge >= 0.3 is 0 Å². The summed E-state index contributed by atoms with van der Waals surface area (Å²) in [7, 11) is -3.52. The van der Waals surface area contributed by atoms with Crippen LogP contribution in [0.3, 0.4) is 0 Å². The summed E-state index contributed by atoms with van der Waals surface area (Å²) in [4.78, 5) is 12.3. The SMILES string of the molecule is CC1CC(C)CN(S(=O)(=O)c2ccc(C(=O)NCC(C)(C)N)cc2)C1.Cl. The number of hydrogen-bond donors (Lipinski definition) is 2. The molecule has 26 heavy (non-hydrogen) atoms. The Morgan fingerprint density at radius 3 is 2.15 bits per heavy atom. The first kappa shape index (κ1) is 22.9. The monoisotopic (exact) mass is 403 g/mol. The zero-order valence-electron chi connectivity index (χ0n) is 15.9. The number of carbonyl (C=O) groups excluding carboxylic acids is 1. The number of carbonyl (C=O) groups is 1. The molecule has 1 amide bonds. The van der Waals surface area contributed by atoms with Crippen molar-refractivity contribution in [1.82, 2.24) is 9.62 Å². The smallest absolute Gasteiger partial charge is 0.251 e. The van der Waals surface area contributed by atoms with Crippen molar-refractivity contribution in [1.29, 1.82) is 0 Å². The molecule has 1 aliphatic rings. The summed E-state index contributed by atoms with van der Waals surface area (Å²) >= 11 is 0. The third-order valence-corrected chi connectivity index (χ3v) is 6.14. The number of amides is 1. The number of hydrogen-bond acceptors (Lipinski definition) is 4. The summed E-state index contributed by atoms with van der Waals surface area (Å²) in [5, 5.41) is 2.75. The minimum atomic E-state index is -3.52. The summed E-state index contributed by atoms with van der Waals surface area (Å²) in [6.07, 6.45) is 1.04. The van der Waals surface area contributed by atoms with Crippen molar-refractivity contribution in [2.75, 3.05) is 19.6 Å². The fourth-order valence-electron chi connectivity index (χ4n) is 3.14. The first-order chi connectivity index (χ1) is 11.5. The number of nitrogens with zero attached hydrogens (tertiary/aromatic N) is 1. The van der Waals surface area contributed by atoms with Gasteiger partial charge in [-0.1, -0.05) is 13.8 Å². The zero-order valence-corrected chi connectivity index (χ0v) is 17.5. The summed E-state index contributed by atoms with van der Waals surface area (Å²) in [6.45, 7) is 9.22. The molecule has 2 rings (SSSR count). The molecule has 0 aliphatic carbocycles. The highest BCUT2D eigenvalue weighted by atomic mass is 35.5. The summed E-state index contributed by atoms with van der Waals surface area (Å²) in [5.74, 6) is 0.439. The maximum absolute atomic E-state index is 12.8. The van der Waals surface area contributed by atoms with E-state index in [1.54, 1.807) is 16.4 Å². The maximum atomic E-state index is 12.8. The van der Waals surface area contributed by atoms with Gasteiger partial charge in [-0.15, -0.1) is 12.4 Å². The van der Waals surface area contributed by atoms with Crippen molar-refractivity contribution in [2.24, 2.45) is 17.6 Å². The normalized spacial score (nSPS) is 21.7. The first-order valence-electron chi connectivity index (χ1n) is 8.66. The molecule has 0 saturated carbocycles. The van der Waals surface area contributed by atoms with E-state index in [2.05, 4.69) is 19.2 Å². The Kier molecular flexibility index (Phi) is 7.65. The minimum absolute atomic E-state index is 0. The predicted octanol–water partition coefficient (Wildman–Crippen LogP) is 2.24. The second-order valence-corrected chi connectivity index (χ2v) is 9.90. The molecule has 8 heteroatoms. The quantitative estimate of drug-likeness (QED) is 0.788. The number of sulfonamides is 1. The molecular weight excluding hydrogens is 374 g/mol. The topological polar surface area (TPSA) is 92.5 Å². The lowest BCUT2D eigenvalue weighted by atomic mass is 9.94. The number of halogens is 1. The fourth-order valence-corrected chi connectivity index (χ4v) is 4.82. The molecule has 148 valence electrons. The maximum Gasteiger partial charge on any atom is 0.251 e. The van der Waals surface area contributed by atoms with Crippen LogP contribution < -0.4 is 11.1 Å². The minimum Gasteiger partial charge on any atom is -0.350 e. The molecule has 1 heterocycles. The Morgan fingerprint density at radius 1 is 1.19 bits per heavy atom. The van der Waals surface area contributed by atoms with E-state index in [-0.39, 0.29) is 23.2 Å². The number of rotatable bonds is 5. The van der Waals surface area contributed by atoms with Crippen LogP contribution in [0.15, 0.2) is 29.2 Å². The van der Waals surface area contributed by atoms with E-state index in [1.807, 2.05) is 13.8 Å². The van der Waals surface area contributed by atoms with Crippen LogP contribution in [-0.4, -0.2) is 43.8 Å². The average molecular weight is 404 g/mol. The van der Waals surface area contributed by atoms with Gasteiger partial charge in [-0.2, -0.15) is 4.31 Å². The van der Waals surface area contributed by atoms with Gasteiger partial charge in [-0.3, -0.25) is 4.79 Å². The van der Waals surface area contributed by atoms with Crippen LogP contribution >= 0.6 is 12.4 Å². The predicted molar refractivity (Wildman–Crippen MR) is 106 cm³/mol. The standard InChI is InChI=1S/C18H29N3O3S.ClH/c1-13-9-14(2)11-21(10-13)25(23,24)16-7-5-15(6-8-16)17(22)20-12-18(3,4)19;/h5-8,13-14H,9-12,19H2,1-4H3,(H,20,22);1H. The Balaban J connectivity index is 0.00000338. The van der Waals surface area contributed by atoms with Crippen molar-refractivity contribution < 1.29 is 13.2 Å². The van der Waals surface area contributed by atoms with Gasteiger partial charge in [-0.25, -0.2) is 8.42 Å². The molecule has 0 bridgehead atoms. The van der Waals surface area contributed by atoms with Gasteiger partial charge in [0.2, 0.25) is 10.0 Å². The molecule has 1 aromatic rings. The second-order valence-electron chi connectivity index (χ2n) is 7.96. The molecule has 1 aromatic carbocycles. The number of nitrogens with two attached hydrogens (primary N) is 1. The molecule has 1 aliphatic heterocycles. The summed E-state index contributed by atoms with van der Waals surface area (Å²) in [5.41, 5.74) is 5.77. The van der Waals surface area contributed by atoms with E-state index < -0.39 is 15.6 Å². The van der Waals surface area contributed by atoms with Crippen molar-refractivity contribution >= 4 is 28.3 Å². The van der Waals surface area contributed by atoms with Gasteiger partial charge < -0.3 is 11.1 Å². The van der Waals surface area contributed by atoms with Crippen molar-refractivity contribution in [3.8, 4) is 0 Å². The van der Waals surface area contributed by atoms with Gasteiger partial charge in [0.05, 0.1) is 4.90 Å². The molecule has 2 atom stereocenters. The van der Waals surface area contributed by atoms with Crippen LogP contribution in [0, 0.1) is 11.8 Å². The highest BCUT2D eigenvalue weighted by molar-refractivity contribution is 7.89. The van der Waals surface area contributed by atoms with Gasteiger partial charge in [0.25, 0.3) is 5.91 Å². The van der Waals surface area contributed by atoms with Crippen molar-refractivity contribution in [2.45, 2.75) is 44.6 Å². The molecule has 3 N–H and O–H groups in total. The van der Waals surface area contributed by atoms with Crippen LogP contribution in [0.5, 0.6) is 0 Å². The Hall–Kier alpha value is -1.15. The van der Waals surface area contributed by atoms with Crippen LogP contribution in [0.1, 0.15) is 44.5 Å². The third kappa shape index (κ3) is 5.94. The number of benzene rings is 1. The van der Waals surface area contributed by atoms with Crippen molar-refractivity contribution in [3.63, 3.8) is 0 Å². The number of piperidine rings is 1.